The Kier molecular flexibility index (Phi) is 8.53. The van der Waals surface area contributed by atoms with Gasteiger partial charge in [0.25, 0.3) is 11.8 Å². The average molecular weight is 563 g/mol. The highest BCUT2D eigenvalue weighted by Crippen LogP contribution is 2.41. The summed E-state index contributed by atoms with van der Waals surface area (Å²) in [5, 5.41) is 37.7. The number of carboxylic acids is 1. The van der Waals surface area contributed by atoms with Gasteiger partial charge in [-0.2, -0.15) is 0 Å². The van der Waals surface area contributed by atoms with Crippen LogP contribution in [0.2, 0.25) is 0 Å². The zero-order chi connectivity index (χ0) is 27.4. The van der Waals surface area contributed by atoms with Crippen LogP contribution >= 0.6 is 23.5 Å². The molecular weight excluding hydrogens is 536 g/mol. The Morgan fingerprint density at radius 2 is 2.16 bits per heavy atom. The topological polar surface area (TPSA) is 175 Å². The Hall–Kier alpha value is -3.63. The van der Waals surface area contributed by atoms with Gasteiger partial charge in [-0.15, -0.1) is 16.9 Å². The number of nitrogens with one attached hydrogen (secondary N) is 1. The van der Waals surface area contributed by atoms with Gasteiger partial charge in [-0.1, -0.05) is 29.1 Å². The van der Waals surface area contributed by atoms with E-state index in [1.165, 1.54) is 47.7 Å². The molecule has 1 fully saturated rings. The number of carboxylic acid groups (broad SMARTS) is 1. The lowest BCUT2D eigenvalue weighted by Crippen LogP contribution is -2.71. The Bertz CT molecular complexity index is 1300. The van der Waals surface area contributed by atoms with Crippen LogP contribution in [0.4, 0.5) is 0 Å². The Balaban J connectivity index is 1.47. The second kappa shape index (κ2) is 11.8. The number of β-lactam (4-membered cyclic amide) rings is 1. The molecule has 14 nitrogen and oxygen atoms in total. The molecule has 0 aliphatic carbocycles. The van der Waals surface area contributed by atoms with Crippen LogP contribution in [0.3, 0.4) is 0 Å². The molecule has 202 valence electrons. The van der Waals surface area contributed by atoms with Gasteiger partial charge in [-0.25, -0.2) is 9.48 Å². The number of likely N-dealkylation sites (N-methyl/N-ethyl adjacent to an activating group) is 1. The van der Waals surface area contributed by atoms with Crippen molar-refractivity contribution < 1.29 is 29.4 Å². The smallest absolute Gasteiger partial charge is 0.352 e. The number of fused-ring (bicyclic) bond motifs is 1. The van der Waals surface area contributed by atoms with Crippen molar-refractivity contribution >= 4 is 47.0 Å². The van der Waals surface area contributed by atoms with Gasteiger partial charge >= 0.3 is 5.97 Å². The van der Waals surface area contributed by atoms with Crippen molar-refractivity contribution in [2.75, 3.05) is 39.3 Å². The number of hydrogen-bond acceptors (Lipinski definition) is 12. The first-order valence-corrected chi connectivity index (χ1v) is 13.4. The van der Waals surface area contributed by atoms with Crippen molar-refractivity contribution in [1.29, 1.82) is 0 Å². The molecule has 0 saturated carbocycles. The Morgan fingerprint density at radius 3 is 2.84 bits per heavy atom. The fourth-order valence-corrected chi connectivity index (χ4v) is 6.25. The van der Waals surface area contributed by atoms with E-state index in [0.29, 0.717) is 28.6 Å². The minimum atomic E-state index is -1.22. The van der Waals surface area contributed by atoms with Crippen LogP contribution in [0.25, 0.3) is 0 Å². The first-order valence-electron chi connectivity index (χ1n) is 11.4. The molecule has 3 N–H and O–H groups in total. The molecule has 0 radical (unpaired) electrons. The van der Waals surface area contributed by atoms with E-state index in [9.17, 15) is 24.6 Å². The maximum absolute atomic E-state index is 13.0. The van der Waals surface area contributed by atoms with Gasteiger partial charge in [0.05, 0.1) is 6.54 Å². The molecule has 16 heteroatoms. The molecule has 3 heterocycles. The van der Waals surface area contributed by atoms with Crippen LogP contribution in [0.15, 0.2) is 45.8 Å². The monoisotopic (exact) mass is 562 g/mol. The zero-order valence-corrected chi connectivity index (χ0v) is 22.4. The molecule has 4 rings (SSSR count). The number of aromatic nitrogens is 4. The minimum absolute atomic E-state index is 0.0683. The Labute approximate surface area is 226 Å². The lowest BCUT2D eigenvalue weighted by atomic mass is 10.0. The van der Waals surface area contributed by atoms with Crippen molar-refractivity contribution in [3.8, 4) is 5.75 Å². The second-order valence-electron chi connectivity index (χ2n) is 8.57. The SMILES string of the molecule is CON=C(C(=O)NC1C(=O)N2C(C(=O)O)=C(CSc3nnnn3CCN(C)C)CS[C@H]12)c1cccc(O)c1. The van der Waals surface area contributed by atoms with Crippen molar-refractivity contribution in [1.82, 2.24) is 35.3 Å². The largest absolute Gasteiger partial charge is 0.508 e. The highest BCUT2D eigenvalue weighted by Gasteiger charge is 2.54. The number of nitrogens with zero attached hydrogens (tertiary/aromatic N) is 7. The van der Waals surface area contributed by atoms with Crippen LogP contribution in [-0.4, -0.2) is 114 Å². The molecular formula is C22H26N8O6S2. The number of carbonyl (C=O) groups excluding carboxylic acids is 2. The molecule has 1 saturated heterocycles. The molecule has 2 aliphatic rings. The molecule has 0 bridgehead atoms. The van der Waals surface area contributed by atoms with Gasteiger partial charge in [0, 0.05) is 23.6 Å². The molecule has 1 aromatic heterocycles. The maximum Gasteiger partial charge on any atom is 0.352 e. The van der Waals surface area contributed by atoms with Crippen LogP contribution in [0.5, 0.6) is 5.75 Å². The van der Waals surface area contributed by atoms with Gasteiger partial charge in [0.2, 0.25) is 5.16 Å². The molecule has 0 spiro atoms. The summed E-state index contributed by atoms with van der Waals surface area (Å²) in [4.78, 5) is 46.2. The standard InChI is InChI=1S/C22H26N8O6S2/c1-28(2)7-8-29-22(24-26-27-29)38-11-13-10-37-20-16(19(33)30(20)17(13)21(34)35)23-18(32)15(25-36-3)12-5-4-6-14(31)9-12/h4-6,9,16,20,31H,7-8,10-11H2,1-3H3,(H,23,32)(H,34,35)/t16?,20-/m1/s1. The number of rotatable bonds is 11. The van der Waals surface area contributed by atoms with E-state index in [2.05, 4.69) is 26.0 Å². The van der Waals surface area contributed by atoms with Crippen molar-refractivity contribution in [2.45, 2.75) is 23.1 Å². The number of tetrazole rings is 1. The van der Waals surface area contributed by atoms with Crippen LogP contribution in [0.1, 0.15) is 5.56 Å². The van der Waals surface area contributed by atoms with Crippen LogP contribution < -0.4 is 5.32 Å². The van der Waals surface area contributed by atoms with E-state index >= 15 is 0 Å². The molecule has 2 atom stereocenters. The third kappa shape index (κ3) is 5.76. The van der Waals surface area contributed by atoms with E-state index < -0.39 is 29.2 Å². The van der Waals surface area contributed by atoms with Crippen LogP contribution in [0, 0.1) is 0 Å². The fraction of sp³-hybridized carbons (Fsp3) is 0.409. The first-order chi connectivity index (χ1) is 18.2. The van der Waals surface area contributed by atoms with E-state index in [1.54, 1.807) is 16.8 Å². The minimum Gasteiger partial charge on any atom is -0.508 e. The van der Waals surface area contributed by atoms with Crippen molar-refractivity contribution in [3.63, 3.8) is 0 Å². The predicted octanol–water partition coefficient (Wildman–Crippen LogP) is -0.178. The van der Waals surface area contributed by atoms with Gasteiger partial charge in [0.15, 0.2) is 5.71 Å². The van der Waals surface area contributed by atoms with E-state index in [4.69, 9.17) is 4.84 Å². The van der Waals surface area contributed by atoms with Crippen molar-refractivity contribution in [2.24, 2.45) is 5.16 Å². The summed E-state index contributed by atoms with van der Waals surface area (Å²) in [7, 11) is 5.15. The number of aromatic hydroxyl groups is 1. The van der Waals surface area contributed by atoms with Gasteiger partial charge in [-0.3, -0.25) is 14.5 Å². The van der Waals surface area contributed by atoms with Gasteiger partial charge in [0.1, 0.15) is 30.0 Å². The average Bonchev–Trinajstić information content (AvgIpc) is 3.34. The summed E-state index contributed by atoms with van der Waals surface area (Å²) in [5.41, 5.74) is 0.629. The summed E-state index contributed by atoms with van der Waals surface area (Å²) in [6.07, 6.45) is 0. The normalized spacial score (nSPS) is 19.3. The quantitative estimate of drug-likeness (QED) is 0.143. The number of benzene rings is 1. The highest BCUT2D eigenvalue weighted by atomic mass is 32.2. The number of amides is 2. The predicted molar refractivity (Wildman–Crippen MR) is 138 cm³/mol. The Morgan fingerprint density at radius 1 is 1.37 bits per heavy atom. The number of aliphatic carboxylic acids is 1. The number of hydrogen-bond donors (Lipinski definition) is 3. The van der Waals surface area contributed by atoms with E-state index in [-0.39, 0.29) is 22.9 Å². The van der Waals surface area contributed by atoms with E-state index in [1.807, 2.05) is 19.0 Å². The molecule has 2 amide bonds. The van der Waals surface area contributed by atoms with E-state index in [0.717, 1.165) is 6.54 Å². The number of phenols is 1. The van der Waals surface area contributed by atoms with Crippen molar-refractivity contribution in [3.05, 3.63) is 41.1 Å². The summed E-state index contributed by atoms with van der Waals surface area (Å²) < 4.78 is 1.65. The third-order valence-corrected chi connectivity index (χ3v) is 8.07. The molecule has 2 aromatic rings. The number of oxime groups is 1. The molecule has 1 aromatic carbocycles. The summed E-state index contributed by atoms with van der Waals surface area (Å²) >= 11 is 2.65. The molecule has 1 unspecified atom stereocenters. The summed E-state index contributed by atoms with van der Waals surface area (Å²) in [5.74, 6) is -1.90. The number of carbonyl (C=O) groups is 3. The fourth-order valence-electron chi connectivity index (χ4n) is 3.86. The molecule has 2 aliphatic heterocycles. The van der Waals surface area contributed by atoms with Crippen LogP contribution in [-0.2, 0) is 25.8 Å². The number of phenolic OH excluding ortho intramolecular Hbond substituents is 1. The lowest BCUT2D eigenvalue weighted by molar-refractivity contribution is -0.150. The summed E-state index contributed by atoms with van der Waals surface area (Å²) in [6, 6.07) is 4.94. The number of thioether (sulfide) groups is 2. The lowest BCUT2D eigenvalue weighted by Gasteiger charge is -2.49. The van der Waals surface area contributed by atoms with Gasteiger partial charge in [-0.05, 0) is 42.2 Å². The summed E-state index contributed by atoms with van der Waals surface area (Å²) in [6.45, 7) is 1.31. The maximum atomic E-state index is 13.0. The third-order valence-electron chi connectivity index (χ3n) is 5.69. The highest BCUT2D eigenvalue weighted by molar-refractivity contribution is 8.01. The zero-order valence-electron chi connectivity index (χ0n) is 20.8. The second-order valence-corrected chi connectivity index (χ2v) is 10.6. The molecule has 38 heavy (non-hydrogen) atoms. The first kappa shape index (κ1) is 27.4. The van der Waals surface area contributed by atoms with Gasteiger partial charge < -0.3 is 25.3 Å².